The van der Waals surface area contributed by atoms with Gasteiger partial charge in [-0.1, -0.05) is 6.42 Å². The fraction of sp³-hybridized carbons (Fsp3) is 0.923. The second-order valence-electron chi connectivity index (χ2n) is 5.63. The Labute approximate surface area is 104 Å². The van der Waals surface area contributed by atoms with E-state index in [4.69, 9.17) is 0 Å². The number of amides is 1. The molecule has 0 aromatic carbocycles. The van der Waals surface area contributed by atoms with Crippen LogP contribution in [0.5, 0.6) is 0 Å². The van der Waals surface area contributed by atoms with Crippen molar-refractivity contribution < 1.29 is 9.90 Å². The molecule has 1 aliphatic rings. The van der Waals surface area contributed by atoms with Crippen molar-refractivity contribution in [3.63, 3.8) is 0 Å². The molecule has 1 fully saturated rings. The fourth-order valence-electron chi connectivity index (χ4n) is 2.00. The Morgan fingerprint density at radius 2 is 2.24 bits per heavy atom. The summed E-state index contributed by atoms with van der Waals surface area (Å²) in [4.78, 5) is 11.8. The first-order chi connectivity index (χ1) is 7.92. The molecule has 4 nitrogen and oxygen atoms in total. The summed E-state index contributed by atoms with van der Waals surface area (Å²) in [6.45, 7) is 6.46. The lowest BCUT2D eigenvalue weighted by Crippen LogP contribution is -2.51. The molecule has 0 aliphatic carbocycles. The number of carbonyl (C=O) groups is 1. The van der Waals surface area contributed by atoms with Crippen molar-refractivity contribution >= 4 is 5.91 Å². The minimum absolute atomic E-state index is 0.0308. The second kappa shape index (κ2) is 6.36. The Morgan fingerprint density at radius 1 is 1.53 bits per heavy atom. The Bertz CT molecular complexity index is 246. The van der Waals surface area contributed by atoms with Crippen LogP contribution in [0.15, 0.2) is 0 Å². The lowest BCUT2D eigenvalue weighted by atomic mass is 9.97. The number of nitrogens with one attached hydrogen (secondary N) is 2. The molecule has 1 rings (SSSR count). The van der Waals surface area contributed by atoms with E-state index in [2.05, 4.69) is 10.6 Å². The van der Waals surface area contributed by atoms with Gasteiger partial charge in [0, 0.05) is 12.5 Å². The molecule has 0 bridgehead atoms. The summed E-state index contributed by atoms with van der Waals surface area (Å²) >= 11 is 0. The monoisotopic (exact) mass is 242 g/mol. The van der Waals surface area contributed by atoms with Crippen LogP contribution in [0.2, 0.25) is 0 Å². The lowest BCUT2D eigenvalue weighted by molar-refractivity contribution is -0.124. The van der Waals surface area contributed by atoms with E-state index in [1.807, 2.05) is 13.8 Å². The highest BCUT2D eigenvalue weighted by molar-refractivity contribution is 5.76. The van der Waals surface area contributed by atoms with Crippen LogP contribution in [-0.2, 0) is 4.79 Å². The van der Waals surface area contributed by atoms with Crippen LogP contribution in [0, 0.1) is 0 Å². The smallest absolute Gasteiger partial charge is 0.220 e. The predicted molar refractivity (Wildman–Crippen MR) is 68.8 cm³/mol. The molecular weight excluding hydrogens is 216 g/mol. The van der Waals surface area contributed by atoms with Gasteiger partial charge < -0.3 is 15.7 Å². The molecule has 0 radical (unpaired) electrons. The largest absolute Gasteiger partial charge is 0.391 e. The zero-order valence-electron chi connectivity index (χ0n) is 11.3. The van der Waals surface area contributed by atoms with E-state index in [0.29, 0.717) is 12.5 Å². The maximum atomic E-state index is 11.8. The van der Waals surface area contributed by atoms with Gasteiger partial charge in [0.1, 0.15) is 0 Å². The molecule has 3 N–H and O–H groups in total. The number of aliphatic hydroxyl groups is 1. The second-order valence-corrected chi connectivity index (χ2v) is 5.63. The number of hydrogen-bond donors (Lipinski definition) is 3. The molecule has 0 spiro atoms. The van der Waals surface area contributed by atoms with Crippen LogP contribution < -0.4 is 10.6 Å². The topological polar surface area (TPSA) is 61.4 Å². The third-order valence-electron chi connectivity index (χ3n) is 3.64. The van der Waals surface area contributed by atoms with E-state index in [0.717, 1.165) is 13.0 Å². The summed E-state index contributed by atoms with van der Waals surface area (Å²) in [5.41, 5.74) is -0.545. The number of carbonyl (C=O) groups excluding carboxylic acids is 1. The standard InChI is InChI=1S/C13H26N2O2/c1-10(16)13(2,3)15-12(17)8-7-11-6-4-5-9-14-11/h10-11,14,16H,4-9H2,1-3H3,(H,15,17). The number of aliphatic hydroxyl groups excluding tert-OH is 1. The highest BCUT2D eigenvalue weighted by Gasteiger charge is 2.26. The molecule has 1 aliphatic heterocycles. The predicted octanol–water partition coefficient (Wildman–Crippen LogP) is 1.18. The van der Waals surface area contributed by atoms with Crippen molar-refractivity contribution in [1.82, 2.24) is 10.6 Å². The molecule has 0 aromatic rings. The average molecular weight is 242 g/mol. The first kappa shape index (κ1) is 14.5. The lowest BCUT2D eigenvalue weighted by Gasteiger charge is -2.30. The Hall–Kier alpha value is -0.610. The maximum absolute atomic E-state index is 11.8. The van der Waals surface area contributed by atoms with Gasteiger partial charge in [0.25, 0.3) is 0 Å². The Balaban J connectivity index is 2.25. The van der Waals surface area contributed by atoms with Gasteiger partial charge in [0.05, 0.1) is 11.6 Å². The molecule has 1 saturated heterocycles. The molecular formula is C13H26N2O2. The van der Waals surface area contributed by atoms with Gasteiger partial charge in [-0.3, -0.25) is 4.79 Å². The summed E-state index contributed by atoms with van der Waals surface area (Å²) in [6, 6.07) is 0.490. The molecule has 0 saturated carbocycles. The van der Waals surface area contributed by atoms with Gasteiger partial charge in [-0.15, -0.1) is 0 Å². The third kappa shape index (κ3) is 5.04. The van der Waals surface area contributed by atoms with Crippen molar-refractivity contribution in [1.29, 1.82) is 0 Å². The molecule has 2 unspecified atom stereocenters. The zero-order valence-corrected chi connectivity index (χ0v) is 11.3. The van der Waals surface area contributed by atoms with Crippen LogP contribution in [0.3, 0.4) is 0 Å². The fourth-order valence-corrected chi connectivity index (χ4v) is 2.00. The number of piperidine rings is 1. The van der Waals surface area contributed by atoms with Crippen LogP contribution in [0.4, 0.5) is 0 Å². The van der Waals surface area contributed by atoms with E-state index >= 15 is 0 Å². The van der Waals surface area contributed by atoms with Crippen LogP contribution in [0.1, 0.15) is 52.9 Å². The van der Waals surface area contributed by atoms with E-state index in [-0.39, 0.29) is 5.91 Å². The van der Waals surface area contributed by atoms with E-state index in [9.17, 15) is 9.90 Å². The zero-order chi connectivity index (χ0) is 12.9. The maximum Gasteiger partial charge on any atom is 0.220 e. The quantitative estimate of drug-likeness (QED) is 0.678. The van der Waals surface area contributed by atoms with Crippen molar-refractivity contribution in [3.8, 4) is 0 Å². The first-order valence-electron chi connectivity index (χ1n) is 6.64. The first-order valence-corrected chi connectivity index (χ1v) is 6.64. The van der Waals surface area contributed by atoms with Gasteiger partial charge >= 0.3 is 0 Å². The van der Waals surface area contributed by atoms with Crippen LogP contribution in [-0.4, -0.2) is 35.2 Å². The van der Waals surface area contributed by atoms with E-state index in [1.165, 1.54) is 19.3 Å². The number of hydrogen-bond acceptors (Lipinski definition) is 3. The third-order valence-corrected chi connectivity index (χ3v) is 3.64. The van der Waals surface area contributed by atoms with Gasteiger partial charge in [-0.05, 0) is 46.6 Å². The molecule has 0 aromatic heterocycles. The Morgan fingerprint density at radius 3 is 2.76 bits per heavy atom. The van der Waals surface area contributed by atoms with Gasteiger partial charge in [-0.25, -0.2) is 0 Å². The van der Waals surface area contributed by atoms with Crippen molar-refractivity contribution in [2.24, 2.45) is 0 Å². The highest BCUT2D eigenvalue weighted by Crippen LogP contribution is 2.13. The molecule has 4 heteroatoms. The molecule has 2 atom stereocenters. The highest BCUT2D eigenvalue weighted by atomic mass is 16.3. The van der Waals surface area contributed by atoms with Crippen LogP contribution in [0.25, 0.3) is 0 Å². The summed E-state index contributed by atoms with van der Waals surface area (Å²) < 4.78 is 0. The van der Waals surface area contributed by atoms with Crippen molar-refractivity contribution in [2.75, 3.05) is 6.54 Å². The normalized spacial score (nSPS) is 23.2. The van der Waals surface area contributed by atoms with E-state index < -0.39 is 11.6 Å². The summed E-state index contributed by atoms with van der Waals surface area (Å²) in [6.07, 6.45) is 4.57. The van der Waals surface area contributed by atoms with Gasteiger partial charge in [0.2, 0.25) is 5.91 Å². The van der Waals surface area contributed by atoms with Gasteiger partial charge in [0.15, 0.2) is 0 Å². The molecule has 1 heterocycles. The summed E-state index contributed by atoms with van der Waals surface area (Å²) in [5, 5.41) is 15.8. The average Bonchev–Trinajstić information content (AvgIpc) is 2.27. The minimum atomic E-state index is -0.545. The summed E-state index contributed by atoms with van der Waals surface area (Å²) in [5.74, 6) is 0.0308. The van der Waals surface area contributed by atoms with Crippen LogP contribution >= 0.6 is 0 Å². The SMILES string of the molecule is CC(O)C(C)(C)NC(=O)CCC1CCCCN1. The molecule has 17 heavy (non-hydrogen) atoms. The van der Waals surface area contributed by atoms with Crippen molar-refractivity contribution in [2.45, 2.75) is 70.6 Å². The van der Waals surface area contributed by atoms with Gasteiger partial charge in [-0.2, -0.15) is 0 Å². The Kier molecular flexibility index (Phi) is 5.40. The summed E-state index contributed by atoms with van der Waals surface area (Å²) in [7, 11) is 0. The number of rotatable bonds is 5. The van der Waals surface area contributed by atoms with Crippen molar-refractivity contribution in [3.05, 3.63) is 0 Å². The minimum Gasteiger partial charge on any atom is -0.391 e. The molecule has 1 amide bonds. The van der Waals surface area contributed by atoms with E-state index in [1.54, 1.807) is 6.92 Å². The molecule has 100 valence electrons.